The molecular formula is C14H25NO. The highest BCUT2D eigenvalue weighted by Crippen LogP contribution is 2.07. The van der Waals surface area contributed by atoms with E-state index in [0.29, 0.717) is 12.1 Å². The Labute approximate surface area is 99.4 Å². The average molecular weight is 223 g/mol. The van der Waals surface area contributed by atoms with Gasteiger partial charge in [-0.1, -0.05) is 19.8 Å². The Morgan fingerprint density at radius 3 is 2.62 bits per heavy atom. The van der Waals surface area contributed by atoms with E-state index in [-0.39, 0.29) is 0 Å². The number of hydrogen-bond acceptors (Lipinski definition) is 2. The van der Waals surface area contributed by atoms with Crippen molar-refractivity contribution >= 4 is 0 Å². The smallest absolute Gasteiger partial charge is 0.103 e. The third-order valence-electron chi connectivity index (χ3n) is 2.96. The van der Waals surface area contributed by atoms with Gasteiger partial charge in [0.15, 0.2) is 0 Å². The van der Waals surface area contributed by atoms with E-state index in [1.165, 1.54) is 19.3 Å². The van der Waals surface area contributed by atoms with Crippen LogP contribution in [0.25, 0.3) is 0 Å². The molecule has 1 aromatic rings. The zero-order valence-electron chi connectivity index (χ0n) is 10.8. The Balaban J connectivity index is 2.12. The van der Waals surface area contributed by atoms with Gasteiger partial charge in [-0.2, -0.15) is 0 Å². The maximum absolute atomic E-state index is 5.33. The first-order chi connectivity index (χ1) is 7.72. The van der Waals surface area contributed by atoms with Crippen LogP contribution in [-0.4, -0.2) is 12.1 Å². The molecular weight excluding hydrogens is 198 g/mol. The fourth-order valence-electron chi connectivity index (χ4n) is 1.98. The molecule has 0 aliphatic carbocycles. The molecule has 0 aliphatic heterocycles. The molecule has 0 radical (unpaired) electrons. The molecule has 0 saturated carbocycles. The summed E-state index contributed by atoms with van der Waals surface area (Å²) in [7, 11) is 0. The highest BCUT2D eigenvalue weighted by Gasteiger charge is 2.07. The highest BCUT2D eigenvalue weighted by molar-refractivity contribution is 4.98. The van der Waals surface area contributed by atoms with Crippen LogP contribution in [0.15, 0.2) is 22.8 Å². The predicted octanol–water partition coefficient (Wildman–Crippen LogP) is 3.77. The lowest BCUT2D eigenvalue weighted by Crippen LogP contribution is -2.34. The van der Waals surface area contributed by atoms with Gasteiger partial charge in [-0.25, -0.2) is 0 Å². The Hall–Kier alpha value is -0.760. The van der Waals surface area contributed by atoms with Crippen molar-refractivity contribution in [3.63, 3.8) is 0 Å². The Morgan fingerprint density at radius 1 is 1.25 bits per heavy atom. The molecule has 0 bridgehead atoms. The van der Waals surface area contributed by atoms with Crippen molar-refractivity contribution in [1.29, 1.82) is 0 Å². The standard InChI is InChI=1S/C14H25NO/c1-4-5-7-12(2)15-13(3)9-10-14-8-6-11-16-14/h6,8,11-13,15H,4-5,7,9-10H2,1-3H3. The fraction of sp³-hybridized carbons (Fsp3) is 0.714. The molecule has 92 valence electrons. The monoisotopic (exact) mass is 223 g/mol. The summed E-state index contributed by atoms with van der Waals surface area (Å²) in [5.41, 5.74) is 0. The number of hydrogen-bond donors (Lipinski definition) is 1. The summed E-state index contributed by atoms with van der Waals surface area (Å²) in [5, 5.41) is 3.64. The van der Waals surface area contributed by atoms with Gasteiger partial charge in [0.1, 0.15) is 5.76 Å². The molecule has 1 aromatic heterocycles. The lowest BCUT2D eigenvalue weighted by atomic mass is 10.1. The van der Waals surface area contributed by atoms with Gasteiger partial charge in [-0.15, -0.1) is 0 Å². The molecule has 0 fully saturated rings. The number of rotatable bonds is 8. The van der Waals surface area contributed by atoms with Crippen LogP contribution in [-0.2, 0) is 6.42 Å². The van der Waals surface area contributed by atoms with Gasteiger partial charge in [0.25, 0.3) is 0 Å². The predicted molar refractivity (Wildman–Crippen MR) is 68.6 cm³/mol. The lowest BCUT2D eigenvalue weighted by molar-refractivity contribution is 0.406. The van der Waals surface area contributed by atoms with Crippen LogP contribution in [0.4, 0.5) is 0 Å². The van der Waals surface area contributed by atoms with Crippen molar-refractivity contribution in [2.45, 2.75) is 65.0 Å². The summed E-state index contributed by atoms with van der Waals surface area (Å²) >= 11 is 0. The summed E-state index contributed by atoms with van der Waals surface area (Å²) < 4.78 is 5.33. The van der Waals surface area contributed by atoms with Gasteiger partial charge in [-0.3, -0.25) is 0 Å². The number of aryl methyl sites for hydroxylation is 1. The van der Waals surface area contributed by atoms with Crippen LogP contribution in [0, 0.1) is 0 Å². The van der Waals surface area contributed by atoms with Crippen LogP contribution >= 0.6 is 0 Å². The fourth-order valence-corrected chi connectivity index (χ4v) is 1.98. The molecule has 1 heterocycles. The molecule has 1 rings (SSSR count). The number of nitrogens with one attached hydrogen (secondary N) is 1. The van der Waals surface area contributed by atoms with Crippen molar-refractivity contribution in [3.05, 3.63) is 24.2 Å². The second-order valence-corrected chi connectivity index (χ2v) is 4.73. The molecule has 16 heavy (non-hydrogen) atoms. The molecule has 1 N–H and O–H groups in total. The van der Waals surface area contributed by atoms with Gasteiger partial charge in [0.05, 0.1) is 6.26 Å². The molecule has 0 aromatic carbocycles. The minimum atomic E-state index is 0.567. The second kappa shape index (κ2) is 7.50. The third kappa shape index (κ3) is 5.36. The maximum Gasteiger partial charge on any atom is 0.103 e. The largest absolute Gasteiger partial charge is 0.469 e. The van der Waals surface area contributed by atoms with Gasteiger partial charge in [0.2, 0.25) is 0 Å². The molecule has 0 saturated heterocycles. The summed E-state index contributed by atoms with van der Waals surface area (Å²) in [5.74, 6) is 1.09. The number of furan rings is 1. The summed E-state index contributed by atoms with van der Waals surface area (Å²) in [6.45, 7) is 6.78. The normalized spacial score (nSPS) is 14.9. The van der Waals surface area contributed by atoms with Crippen LogP contribution in [0.5, 0.6) is 0 Å². The van der Waals surface area contributed by atoms with Crippen molar-refractivity contribution in [2.24, 2.45) is 0 Å². The van der Waals surface area contributed by atoms with Crippen molar-refractivity contribution in [3.8, 4) is 0 Å². The minimum Gasteiger partial charge on any atom is -0.469 e. The lowest BCUT2D eigenvalue weighted by Gasteiger charge is -2.19. The summed E-state index contributed by atoms with van der Waals surface area (Å²) in [6.07, 6.45) is 7.80. The maximum atomic E-state index is 5.33. The summed E-state index contributed by atoms with van der Waals surface area (Å²) in [4.78, 5) is 0. The quantitative estimate of drug-likeness (QED) is 0.725. The molecule has 2 atom stereocenters. The first-order valence-corrected chi connectivity index (χ1v) is 6.50. The summed E-state index contributed by atoms with van der Waals surface area (Å²) in [6, 6.07) is 5.20. The Bertz CT molecular complexity index is 256. The van der Waals surface area contributed by atoms with Crippen LogP contribution in [0.3, 0.4) is 0 Å². The molecule has 0 spiro atoms. The topological polar surface area (TPSA) is 25.2 Å². The zero-order valence-corrected chi connectivity index (χ0v) is 10.8. The second-order valence-electron chi connectivity index (χ2n) is 4.73. The third-order valence-corrected chi connectivity index (χ3v) is 2.96. The first kappa shape index (κ1) is 13.3. The molecule has 0 amide bonds. The van der Waals surface area contributed by atoms with Crippen LogP contribution in [0.1, 0.15) is 52.2 Å². The van der Waals surface area contributed by atoms with Crippen LogP contribution in [0.2, 0.25) is 0 Å². The van der Waals surface area contributed by atoms with Gasteiger partial charge < -0.3 is 9.73 Å². The molecule has 2 heteroatoms. The zero-order chi connectivity index (χ0) is 11.8. The molecule has 0 aliphatic rings. The van der Waals surface area contributed by atoms with E-state index in [2.05, 4.69) is 26.1 Å². The van der Waals surface area contributed by atoms with E-state index in [4.69, 9.17) is 4.42 Å². The molecule has 2 nitrogen and oxygen atoms in total. The highest BCUT2D eigenvalue weighted by atomic mass is 16.3. The molecule has 2 unspecified atom stereocenters. The van der Waals surface area contributed by atoms with Crippen molar-refractivity contribution in [2.75, 3.05) is 0 Å². The van der Waals surface area contributed by atoms with E-state index < -0.39 is 0 Å². The van der Waals surface area contributed by atoms with E-state index >= 15 is 0 Å². The van der Waals surface area contributed by atoms with Crippen LogP contribution < -0.4 is 5.32 Å². The van der Waals surface area contributed by atoms with Crippen molar-refractivity contribution < 1.29 is 4.42 Å². The van der Waals surface area contributed by atoms with E-state index in [1.54, 1.807) is 6.26 Å². The average Bonchev–Trinajstić information content (AvgIpc) is 2.76. The Kier molecular flexibility index (Phi) is 6.24. The van der Waals surface area contributed by atoms with E-state index in [0.717, 1.165) is 18.6 Å². The minimum absolute atomic E-state index is 0.567. The van der Waals surface area contributed by atoms with E-state index in [9.17, 15) is 0 Å². The van der Waals surface area contributed by atoms with Gasteiger partial charge >= 0.3 is 0 Å². The first-order valence-electron chi connectivity index (χ1n) is 6.50. The number of unbranched alkanes of at least 4 members (excludes halogenated alkanes) is 1. The van der Waals surface area contributed by atoms with Gasteiger partial charge in [-0.05, 0) is 38.8 Å². The Morgan fingerprint density at radius 2 is 2.00 bits per heavy atom. The van der Waals surface area contributed by atoms with Crippen molar-refractivity contribution in [1.82, 2.24) is 5.32 Å². The van der Waals surface area contributed by atoms with Gasteiger partial charge in [0, 0.05) is 18.5 Å². The SMILES string of the molecule is CCCCC(C)NC(C)CCc1ccco1. The van der Waals surface area contributed by atoms with E-state index in [1.807, 2.05) is 12.1 Å².